The second-order valence-corrected chi connectivity index (χ2v) is 5.36. The Morgan fingerprint density at radius 2 is 2.00 bits per heavy atom. The Morgan fingerprint density at radius 3 is 2.43 bits per heavy atom. The van der Waals surface area contributed by atoms with Gasteiger partial charge in [0.15, 0.2) is 0 Å². The van der Waals surface area contributed by atoms with Gasteiger partial charge in [-0.15, -0.1) is 0 Å². The van der Waals surface area contributed by atoms with E-state index < -0.39 is 0 Å². The van der Waals surface area contributed by atoms with Crippen LogP contribution in [0, 0.1) is 11.3 Å². The van der Waals surface area contributed by atoms with Gasteiger partial charge in [0.2, 0.25) is 5.91 Å². The number of ether oxygens (including phenoxy) is 1. The van der Waals surface area contributed by atoms with Crippen molar-refractivity contribution in [3.8, 4) is 0 Å². The van der Waals surface area contributed by atoms with E-state index >= 15 is 0 Å². The Labute approximate surface area is 86.4 Å². The summed E-state index contributed by atoms with van der Waals surface area (Å²) < 4.78 is 5.04. The Hall–Kier alpha value is -0.570. The molecule has 1 amide bonds. The van der Waals surface area contributed by atoms with Crippen molar-refractivity contribution < 1.29 is 9.53 Å². The molecule has 0 radical (unpaired) electrons. The summed E-state index contributed by atoms with van der Waals surface area (Å²) in [5.41, 5.74) is 0.101. The van der Waals surface area contributed by atoms with Crippen LogP contribution in [0.5, 0.6) is 0 Å². The van der Waals surface area contributed by atoms with E-state index in [1.807, 2.05) is 4.90 Å². The highest BCUT2D eigenvalue weighted by Crippen LogP contribution is 2.23. The molecule has 0 unspecified atom stereocenters. The number of rotatable bonds is 3. The van der Waals surface area contributed by atoms with Crippen molar-refractivity contribution in [3.63, 3.8) is 0 Å². The lowest BCUT2D eigenvalue weighted by Gasteiger charge is -2.40. The summed E-state index contributed by atoms with van der Waals surface area (Å²) in [6.07, 6.45) is 0.646. The molecular formula is C11H21NO2. The molecule has 0 saturated carbocycles. The van der Waals surface area contributed by atoms with Crippen molar-refractivity contribution in [1.82, 2.24) is 4.90 Å². The average molecular weight is 199 g/mol. The molecule has 0 spiro atoms. The van der Waals surface area contributed by atoms with Gasteiger partial charge >= 0.3 is 0 Å². The van der Waals surface area contributed by atoms with Crippen LogP contribution in [-0.2, 0) is 9.53 Å². The van der Waals surface area contributed by atoms with Gasteiger partial charge < -0.3 is 9.64 Å². The quantitative estimate of drug-likeness (QED) is 0.690. The van der Waals surface area contributed by atoms with Gasteiger partial charge in [-0.3, -0.25) is 4.79 Å². The minimum Gasteiger partial charge on any atom is -0.384 e. The van der Waals surface area contributed by atoms with Crippen molar-refractivity contribution in [1.29, 1.82) is 0 Å². The monoisotopic (exact) mass is 199 g/mol. The summed E-state index contributed by atoms with van der Waals surface area (Å²) in [5, 5.41) is 0. The van der Waals surface area contributed by atoms with Gasteiger partial charge in [0, 0.05) is 32.5 Å². The van der Waals surface area contributed by atoms with Gasteiger partial charge in [0.05, 0.1) is 6.61 Å². The van der Waals surface area contributed by atoms with Crippen molar-refractivity contribution in [2.75, 3.05) is 26.8 Å². The second kappa shape index (κ2) is 4.30. The Morgan fingerprint density at radius 1 is 1.43 bits per heavy atom. The molecule has 0 atom stereocenters. The maximum absolute atomic E-state index is 11.7. The van der Waals surface area contributed by atoms with Crippen molar-refractivity contribution >= 4 is 5.91 Å². The molecule has 1 aliphatic heterocycles. The SMILES string of the molecule is COCC1CN(C(=O)CC(C)(C)C)C1. The summed E-state index contributed by atoms with van der Waals surface area (Å²) in [6.45, 7) is 8.82. The smallest absolute Gasteiger partial charge is 0.223 e. The van der Waals surface area contributed by atoms with Gasteiger partial charge in [0.25, 0.3) is 0 Å². The number of hydrogen-bond donors (Lipinski definition) is 0. The van der Waals surface area contributed by atoms with E-state index in [1.165, 1.54) is 0 Å². The van der Waals surface area contributed by atoms with Crippen LogP contribution in [0.1, 0.15) is 27.2 Å². The molecule has 0 aliphatic carbocycles. The number of likely N-dealkylation sites (tertiary alicyclic amines) is 1. The minimum atomic E-state index is 0.101. The molecular weight excluding hydrogens is 178 g/mol. The first-order valence-corrected chi connectivity index (χ1v) is 5.19. The molecule has 0 aromatic heterocycles. The van der Waals surface area contributed by atoms with E-state index in [1.54, 1.807) is 7.11 Å². The first-order chi connectivity index (χ1) is 6.42. The third kappa shape index (κ3) is 3.29. The molecule has 0 bridgehead atoms. The highest BCUT2D eigenvalue weighted by atomic mass is 16.5. The average Bonchev–Trinajstić information content (AvgIpc) is 1.91. The van der Waals surface area contributed by atoms with Crippen molar-refractivity contribution in [2.45, 2.75) is 27.2 Å². The predicted molar refractivity (Wildman–Crippen MR) is 56.0 cm³/mol. The third-order valence-electron chi connectivity index (χ3n) is 2.39. The van der Waals surface area contributed by atoms with Gasteiger partial charge in [-0.05, 0) is 5.41 Å². The summed E-state index contributed by atoms with van der Waals surface area (Å²) in [5.74, 6) is 0.841. The Kier molecular flexibility index (Phi) is 3.53. The van der Waals surface area contributed by atoms with E-state index in [-0.39, 0.29) is 11.3 Å². The topological polar surface area (TPSA) is 29.5 Å². The van der Waals surface area contributed by atoms with Crippen LogP contribution in [0.4, 0.5) is 0 Å². The lowest BCUT2D eigenvalue weighted by molar-refractivity contribution is -0.140. The zero-order valence-corrected chi connectivity index (χ0v) is 9.67. The maximum atomic E-state index is 11.7. The fourth-order valence-electron chi connectivity index (χ4n) is 1.68. The van der Waals surface area contributed by atoms with E-state index in [4.69, 9.17) is 4.74 Å². The number of carbonyl (C=O) groups excluding carboxylic acids is 1. The van der Waals surface area contributed by atoms with E-state index in [9.17, 15) is 4.79 Å². The molecule has 3 nitrogen and oxygen atoms in total. The normalized spacial score (nSPS) is 18.1. The Bertz CT molecular complexity index is 202. The van der Waals surface area contributed by atoms with Gasteiger partial charge in [-0.2, -0.15) is 0 Å². The standard InChI is InChI=1S/C11H21NO2/c1-11(2,3)5-10(13)12-6-9(7-12)8-14-4/h9H,5-8H2,1-4H3. The van der Waals surface area contributed by atoms with Gasteiger partial charge in [0.1, 0.15) is 0 Å². The van der Waals surface area contributed by atoms with Crippen molar-refractivity contribution in [2.24, 2.45) is 11.3 Å². The van der Waals surface area contributed by atoms with Crippen LogP contribution >= 0.6 is 0 Å². The van der Waals surface area contributed by atoms with Crippen LogP contribution in [0.15, 0.2) is 0 Å². The zero-order chi connectivity index (χ0) is 10.8. The molecule has 0 aromatic rings. The summed E-state index contributed by atoms with van der Waals surface area (Å²) >= 11 is 0. The zero-order valence-electron chi connectivity index (χ0n) is 9.67. The van der Waals surface area contributed by atoms with Gasteiger partial charge in [-0.1, -0.05) is 20.8 Å². The molecule has 14 heavy (non-hydrogen) atoms. The number of amides is 1. The molecule has 1 fully saturated rings. The van der Waals surface area contributed by atoms with E-state index in [2.05, 4.69) is 20.8 Å². The highest BCUT2D eigenvalue weighted by molar-refractivity contribution is 5.77. The molecule has 1 aliphatic rings. The molecule has 1 saturated heterocycles. The number of hydrogen-bond acceptors (Lipinski definition) is 2. The van der Waals surface area contributed by atoms with Crippen LogP contribution in [0.25, 0.3) is 0 Å². The second-order valence-electron chi connectivity index (χ2n) is 5.36. The minimum absolute atomic E-state index is 0.101. The van der Waals surface area contributed by atoms with E-state index in [0.29, 0.717) is 12.3 Å². The summed E-state index contributed by atoms with van der Waals surface area (Å²) in [7, 11) is 1.71. The number of methoxy groups -OCH3 is 1. The van der Waals surface area contributed by atoms with Crippen LogP contribution in [0.3, 0.4) is 0 Å². The molecule has 82 valence electrons. The predicted octanol–water partition coefficient (Wildman–Crippen LogP) is 1.53. The molecule has 1 heterocycles. The summed E-state index contributed by atoms with van der Waals surface area (Å²) in [4.78, 5) is 13.6. The van der Waals surface area contributed by atoms with Crippen molar-refractivity contribution in [3.05, 3.63) is 0 Å². The first-order valence-electron chi connectivity index (χ1n) is 5.19. The van der Waals surface area contributed by atoms with Crippen LogP contribution in [-0.4, -0.2) is 37.6 Å². The molecule has 1 rings (SSSR count). The van der Waals surface area contributed by atoms with Crippen LogP contribution in [0.2, 0.25) is 0 Å². The van der Waals surface area contributed by atoms with E-state index in [0.717, 1.165) is 19.7 Å². The highest BCUT2D eigenvalue weighted by Gasteiger charge is 2.31. The fourth-order valence-corrected chi connectivity index (χ4v) is 1.68. The summed E-state index contributed by atoms with van der Waals surface area (Å²) in [6, 6.07) is 0. The van der Waals surface area contributed by atoms with Crippen LogP contribution < -0.4 is 0 Å². The lowest BCUT2D eigenvalue weighted by atomic mass is 9.90. The maximum Gasteiger partial charge on any atom is 0.223 e. The molecule has 0 aromatic carbocycles. The number of nitrogens with zero attached hydrogens (tertiary/aromatic N) is 1. The third-order valence-corrected chi connectivity index (χ3v) is 2.39. The Balaban J connectivity index is 2.23. The largest absolute Gasteiger partial charge is 0.384 e. The lowest BCUT2D eigenvalue weighted by Crippen LogP contribution is -2.52. The fraction of sp³-hybridized carbons (Fsp3) is 0.909. The number of carbonyl (C=O) groups is 1. The van der Waals surface area contributed by atoms with Gasteiger partial charge in [-0.25, -0.2) is 0 Å². The molecule has 3 heteroatoms. The molecule has 0 N–H and O–H groups in total. The first kappa shape index (κ1) is 11.5.